The normalized spacial score (nSPS) is 10.4. The number of rotatable bonds is 5. The predicted molar refractivity (Wildman–Crippen MR) is 72.6 cm³/mol. The molecule has 0 aromatic heterocycles. The number of nitrogen functional groups attached to an aromatic ring is 1. The van der Waals surface area contributed by atoms with Crippen molar-refractivity contribution in [3.63, 3.8) is 0 Å². The summed E-state index contributed by atoms with van der Waals surface area (Å²) in [6.07, 6.45) is 2.91. The SMILES string of the molecule is CCCCCOC(=O)Sc1cc(N)c(F)cc1Cl. The van der Waals surface area contributed by atoms with Crippen molar-refractivity contribution in [2.45, 2.75) is 31.1 Å². The Balaban J connectivity index is 2.51. The fourth-order valence-corrected chi connectivity index (χ4v) is 2.18. The molecule has 0 heterocycles. The van der Waals surface area contributed by atoms with E-state index >= 15 is 0 Å². The number of benzene rings is 1. The molecule has 0 aliphatic carbocycles. The molecule has 18 heavy (non-hydrogen) atoms. The number of thioether (sulfide) groups is 1. The van der Waals surface area contributed by atoms with Gasteiger partial charge >= 0.3 is 5.30 Å². The van der Waals surface area contributed by atoms with Gasteiger partial charge in [0.15, 0.2) is 0 Å². The average Bonchev–Trinajstić information content (AvgIpc) is 2.32. The second-order valence-corrected chi connectivity index (χ2v) is 5.10. The molecule has 0 saturated heterocycles. The van der Waals surface area contributed by atoms with E-state index in [1.807, 2.05) is 0 Å². The van der Waals surface area contributed by atoms with Crippen LogP contribution >= 0.6 is 23.4 Å². The Morgan fingerprint density at radius 2 is 2.22 bits per heavy atom. The number of carbonyl (C=O) groups is 1. The third-order valence-electron chi connectivity index (χ3n) is 2.21. The van der Waals surface area contributed by atoms with Gasteiger partial charge in [-0.15, -0.1) is 0 Å². The van der Waals surface area contributed by atoms with Crippen LogP contribution in [0, 0.1) is 5.82 Å². The first-order valence-electron chi connectivity index (χ1n) is 5.63. The van der Waals surface area contributed by atoms with E-state index < -0.39 is 11.1 Å². The Hall–Kier alpha value is -0.940. The number of halogens is 2. The summed E-state index contributed by atoms with van der Waals surface area (Å²) in [6, 6.07) is 2.42. The molecule has 100 valence electrons. The Bertz CT molecular complexity index is 429. The van der Waals surface area contributed by atoms with E-state index in [1.54, 1.807) is 0 Å². The van der Waals surface area contributed by atoms with E-state index in [9.17, 15) is 9.18 Å². The second kappa shape index (κ2) is 7.48. The minimum absolute atomic E-state index is 0.0410. The first-order chi connectivity index (χ1) is 8.54. The van der Waals surface area contributed by atoms with E-state index in [4.69, 9.17) is 22.1 Å². The summed E-state index contributed by atoms with van der Waals surface area (Å²) >= 11 is 6.62. The fraction of sp³-hybridized carbons (Fsp3) is 0.417. The van der Waals surface area contributed by atoms with Gasteiger partial charge in [0.05, 0.1) is 17.3 Å². The molecule has 0 spiro atoms. The lowest BCUT2D eigenvalue weighted by Crippen LogP contribution is -2.00. The minimum atomic E-state index is -0.597. The number of hydrogen-bond acceptors (Lipinski definition) is 4. The fourth-order valence-electron chi connectivity index (χ4n) is 1.25. The smallest absolute Gasteiger partial charge is 0.372 e. The van der Waals surface area contributed by atoms with Crippen molar-refractivity contribution in [1.82, 2.24) is 0 Å². The molecule has 1 aromatic rings. The highest BCUT2D eigenvalue weighted by Gasteiger charge is 2.12. The zero-order chi connectivity index (χ0) is 13.5. The number of unbranched alkanes of at least 4 members (excludes halogenated alkanes) is 2. The van der Waals surface area contributed by atoms with Crippen molar-refractivity contribution in [2.24, 2.45) is 0 Å². The molecule has 1 rings (SSSR count). The Morgan fingerprint density at radius 1 is 1.50 bits per heavy atom. The zero-order valence-electron chi connectivity index (χ0n) is 10.0. The highest BCUT2D eigenvalue weighted by atomic mass is 35.5. The third-order valence-corrected chi connectivity index (χ3v) is 3.48. The second-order valence-electron chi connectivity index (χ2n) is 3.71. The maximum absolute atomic E-state index is 13.0. The largest absolute Gasteiger partial charge is 0.457 e. The van der Waals surface area contributed by atoms with Crippen molar-refractivity contribution >= 4 is 34.4 Å². The van der Waals surface area contributed by atoms with Gasteiger partial charge < -0.3 is 10.5 Å². The third kappa shape index (κ3) is 4.74. The van der Waals surface area contributed by atoms with Crippen molar-refractivity contribution in [3.8, 4) is 0 Å². The topological polar surface area (TPSA) is 52.3 Å². The molecule has 0 saturated carbocycles. The molecular weight excluding hydrogens is 277 g/mol. The van der Waals surface area contributed by atoms with Crippen LogP contribution in [0.5, 0.6) is 0 Å². The highest BCUT2D eigenvalue weighted by molar-refractivity contribution is 8.13. The summed E-state index contributed by atoms with van der Waals surface area (Å²) in [6.45, 7) is 2.45. The zero-order valence-corrected chi connectivity index (χ0v) is 11.6. The van der Waals surface area contributed by atoms with E-state index in [0.29, 0.717) is 11.5 Å². The number of nitrogens with two attached hydrogens (primary N) is 1. The van der Waals surface area contributed by atoms with Crippen molar-refractivity contribution in [1.29, 1.82) is 0 Å². The quantitative estimate of drug-likeness (QED) is 0.376. The van der Waals surface area contributed by atoms with Gasteiger partial charge in [0.25, 0.3) is 0 Å². The molecule has 0 radical (unpaired) electrons. The molecule has 0 unspecified atom stereocenters. The van der Waals surface area contributed by atoms with Gasteiger partial charge in [0.2, 0.25) is 0 Å². The Morgan fingerprint density at radius 3 is 2.89 bits per heavy atom. The molecule has 3 nitrogen and oxygen atoms in total. The van der Waals surface area contributed by atoms with Gasteiger partial charge in [0.1, 0.15) is 5.82 Å². The van der Waals surface area contributed by atoms with Crippen LogP contribution in [0.1, 0.15) is 26.2 Å². The number of anilines is 1. The van der Waals surface area contributed by atoms with Crippen LogP contribution < -0.4 is 5.73 Å². The van der Waals surface area contributed by atoms with Gasteiger partial charge in [-0.05, 0) is 30.3 Å². The molecule has 0 atom stereocenters. The molecule has 0 fully saturated rings. The summed E-state index contributed by atoms with van der Waals surface area (Å²) in [7, 11) is 0. The molecule has 0 bridgehead atoms. The summed E-state index contributed by atoms with van der Waals surface area (Å²) in [4.78, 5) is 11.9. The summed E-state index contributed by atoms with van der Waals surface area (Å²) < 4.78 is 18.1. The van der Waals surface area contributed by atoms with Crippen molar-refractivity contribution < 1.29 is 13.9 Å². The van der Waals surface area contributed by atoms with Crippen molar-refractivity contribution in [2.75, 3.05) is 12.3 Å². The van der Waals surface area contributed by atoms with E-state index in [0.717, 1.165) is 37.1 Å². The lowest BCUT2D eigenvalue weighted by molar-refractivity contribution is 0.172. The van der Waals surface area contributed by atoms with Gasteiger partial charge in [-0.25, -0.2) is 9.18 Å². The summed E-state index contributed by atoms with van der Waals surface area (Å²) in [5, 5.41) is -0.309. The molecule has 1 aromatic carbocycles. The molecule has 0 aliphatic heterocycles. The van der Waals surface area contributed by atoms with E-state index in [2.05, 4.69) is 6.92 Å². The molecule has 2 N–H and O–H groups in total. The van der Waals surface area contributed by atoms with Crippen LogP contribution in [0.4, 0.5) is 14.9 Å². The Labute approximate surface area is 115 Å². The first kappa shape index (κ1) is 15.1. The van der Waals surface area contributed by atoms with Crippen LogP contribution in [0.3, 0.4) is 0 Å². The lowest BCUT2D eigenvalue weighted by atomic mass is 10.3. The van der Waals surface area contributed by atoms with Crippen LogP contribution in [-0.4, -0.2) is 11.9 Å². The molecule has 6 heteroatoms. The van der Waals surface area contributed by atoms with Crippen LogP contribution in [-0.2, 0) is 4.74 Å². The first-order valence-corrected chi connectivity index (χ1v) is 6.83. The number of carbonyl (C=O) groups excluding carboxylic acids is 1. The van der Waals surface area contributed by atoms with Crippen LogP contribution in [0.2, 0.25) is 5.02 Å². The number of hydrogen-bond donors (Lipinski definition) is 1. The van der Waals surface area contributed by atoms with E-state index in [-0.39, 0.29) is 10.7 Å². The number of ether oxygens (including phenoxy) is 1. The van der Waals surface area contributed by atoms with Gasteiger partial charge in [-0.2, -0.15) is 0 Å². The van der Waals surface area contributed by atoms with Gasteiger partial charge in [-0.1, -0.05) is 31.4 Å². The molecule has 0 amide bonds. The average molecular weight is 292 g/mol. The van der Waals surface area contributed by atoms with Gasteiger partial charge in [-0.3, -0.25) is 0 Å². The van der Waals surface area contributed by atoms with Gasteiger partial charge in [0, 0.05) is 4.90 Å². The minimum Gasteiger partial charge on any atom is -0.457 e. The van der Waals surface area contributed by atoms with Crippen LogP contribution in [0.15, 0.2) is 17.0 Å². The maximum atomic E-state index is 13.0. The predicted octanol–water partition coefficient (Wildman–Crippen LogP) is 4.48. The lowest BCUT2D eigenvalue weighted by Gasteiger charge is -2.06. The maximum Gasteiger partial charge on any atom is 0.372 e. The Kier molecular flexibility index (Phi) is 6.29. The highest BCUT2D eigenvalue weighted by Crippen LogP contribution is 2.31. The molecule has 0 aliphatic rings. The standard InChI is InChI=1S/C12H15ClFNO2S/c1-2-3-4-5-17-12(16)18-11-7-10(15)9(14)6-8(11)13/h6-7H,2-5,15H2,1H3. The summed E-state index contributed by atoms with van der Waals surface area (Å²) in [5.74, 6) is -0.597. The van der Waals surface area contributed by atoms with Crippen LogP contribution in [0.25, 0.3) is 0 Å². The van der Waals surface area contributed by atoms with E-state index in [1.165, 1.54) is 6.07 Å². The molecular formula is C12H15ClFNO2S. The summed E-state index contributed by atoms with van der Waals surface area (Å²) in [5.41, 5.74) is 5.36. The monoisotopic (exact) mass is 291 g/mol. The van der Waals surface area contributed by atoms with Crippen molar-refractivity contribution in [3.05, 3.63) is 23.0 Å².